The van der Waals surface area contributed by atoms with E-state index in [0.29, 0.717) is 13.0 Å². The van der Waals surface area contributed by atoms with Crippen molar-refractivity contribution in [3.63, 3.8) is 0 Å². The van der Waals surface area contributed by atoms with Crippen LogP contribution in [0.4, 0.5) is 5.13 Å². The van der Waals surface area contributed by atoms with Crippen molar-refractivity contribution in [2.24, 2.45) is 0 Å². The maximum absolute atomic E-state index is 13.1. The molecule has 1 amide bonds. The van der Waals surface area contributed by atoms with Crippen LogP contribution in [-0.2, 0) is 16.0 Å². The molecule has 1 aromatic heterocycles. The Hall–Kier alpha value is -2.24. The van der Waals surface area contributed by atoms with Crippen LogP contribution in [0.25, 0.3) is 10.2 Å². The number of carbonyl (C=O) groups excluding carboxylic acids is 1. The van der Waals surface area contributed by atoms with Gasteiger partial charge >= 0.3 is 0 Å². The van der Waals surface area contributed by atoms with Crippen LogP contribution in [-0.4, -0.2) is 30.1 Å². The number of amides is 1. The summed E-state index contributed by atoms with van der Waals surface area (Å²) in [5, 5.41) is 0.763. The molecule has 0 N–H and O–H groups in total. The number of rotatable bonds is 5. The Balaban J connectivity index is 1.61. The minimum absolute atomic E-state index is 0.0742. The van der Waals surface area contributed by atoms with Gasteiger partial charge in [-0.25, -0.2) is 4.98 Å². The van der Waals surface area contributed by atoms with Crippen LogP contribution in [0.15, 0.2) is 48.5 Å². The van der Waals surface area contributed by atoms with Gasteiger partial charge < -0.3 is 4.74 Å². The highest BCUT2D eigenvalue weighted by Crippen LogP contribution is 2.30. The minimum atomic E-state index is 0.0742. The van der Waals surface area contributed by atoms with Gasteiger partial charge in [0.25, 0.3) is 0 Å². The summed E-state index contributed by atoms with van der Waals surface area (Å²) in [6.45, 7) is 3.40. The number of aromatic nitrogens is 1. The average Bonchev–Trinajstić information content (AvgIpc) is 3.28. The van der Waals surface area contributed by atoms with Crippen molar-refractivity contribution in [1.29, 1.82) is 0 Å². The summed E-state index contributed by atoms with van der Waals surface area (Å²) in [6, 6.07) is 16.1. The van der Waals surface area contributed by atoms with E-state index < -0.39 is 0 Å². The van der Waals surface area contributed by atoms with Crippen molar-refractivity contribution in [3.05, 3.63) is 59.7 Å². The van der Waals surface area contributed by atoms with Crippen LogP contribution in [0.3, 0.4) is 0 Å². The molecule has 26 heavy (non-hydrogen) atoms. The Morgan fingerprint density at radius 2 is 2.15 bits per heavy atom. The van der Waals surface area contributed by atoms with Gasteiger partial charge in [0, 0.05) is 6.61 Å². The molecule has 4 rings (SSSR count). The number of para-hydroxylation sites is 1. The average molecular weight is 366 g/mol. The van der Waals surface area contributed by atoms with Gasteiger partial charge in [0.15, 0.2) is 5.13 Å². The summed E-state index contributed by atoms with van der Waals surface area (Å²) >= 11 is 1.57. The number of hydrogen-bond acceptors (Lipinski definition) is 4. The lowest BCUT2D eigenvalue weighted by Gasteiger charge is -2.23. The Bertz CT molecular complexity index is 882. The molecule has 5 heteroatoms. The van der Waals surface area contributed by atoms with Crippen LogP contribution in [0.2, 0.25) is 0 Å². The van der Waals surface area contributed by atoms with E-state index >= 15 is 0 Å². The van der Waals surface area contributed by atoms with E-state index in [1.165, 1.54) is 5.56 Å². The van der Waals surface area contributed by atoms with Gasteiger partial charge in [-0.1, -0.05) is 53.3 Å². The largest absolute Gasteiger partial charge is 0.376 e. The smallest absolute Gasteiger partial charge is 0.233 e. The van der Waals surface area contributed by atoms with Crippen LogP contribution in [0.1, 0.15) is 24.0 Å². The number of fused-ring (bicyclic) bond motifs is 1. The third kappa shape index (κ3) is 3.79. The van der Waals surface area contributed by atoms with Crippen molar-refractivity contribution < 1.29 is 9.53 Å². The van der Waals surface area contributed by atoms with E-state index in [1.807, 2.05) is 54.3 Å². The van der Waals surface area contributed by atoms with Crippen LogP contribution >= 0.6 is 11.3 Å². The summed E-state index contributed by atoms with van der Waals surface area (Å²) in [5.41, 5.74) is 3.14. The first kappa shape index (κ1) is 17.2. The van der Waals surface area contributed by atoms with E-state index in [4.69, 9.17) is 9.72 Å². The fraction of sp³-hybridized carbons (Fsp3) is 0.333. The summed E-state index contributed by atoms with van der Waals surface area (Å²) in [5.74, 6) is 0.0742. The molecule has 0 saturated carbocycles. The number of benzene rings is 2. The second kappa shape index (κ2) is 7.56. The Morgan fingerprint density at radius 3 is 2.92 bits per heavy atom. The molecule has 1 fully saturated rings. The monoisotopic (exact) mass is 366 g/mol. The first-order valence-electron chi connectivity index (χ1n) is 9.02. The summed E-state index contributed by atoms with van der Waals surface area (Å²) < 4.78 is 6.88. The molecule has 1 aliphatic rings. The Kier molecular flexibility index (Phi) is 5.00. The molecular weight excluding hydrogens is 344 g/mol. The molecule has 1 atom stereocenters. The lowest BCUT2D eigenvalue weighted by atomic mass is 10.1. The van der Waals surface area contributed by atoms with Gasteiger partial charge in [-0.2, -0.15) is 0 Å². The maximum Gasteiger partial charge on any atom is 0.233 e. The molecular formula is C21H22N2O2S. The molecule has 1 aliphatic heterocycles. The quantitative estimate of drug-likeness (QED) is 0.674. The molecule has 134 valence electrons. The Morgan fingerprint density at radius 1 is 1.27 bits per heavy atom. The summed E-state index contributed by atoms with van der Waals surface area (Å²) in [7, 11) is 0. The number of hydrogen-bond donors (Lipinski definition) is 0. The summed E-state index contributed by atoms with van der Waals surface area (Å²) in [4.78, 5) is 19.7. The number of aryl methyl sites for hydroxylation is 1. The van der Waals surface area contributed by atoms with Crippen LogP contribution < -0.4 is 4.90 Å². The number of ether oxygens (including phenoxy) is 1. The third-order valence-corrected chi connectivity index (χ3v) is 5.72. The van der Waals surface area contributed by atoms with Crippen LogP contribution in [0, 0.1) is 6.92 Å². The lowest BCUT2D eigenvalue weighted by molar-refractivity contribution is -0.118. The van der Waals surface area contributed by atoms with Gasteiger partial charge in [-0.05, 0) is 37.5 Å². The molecule has 0 bridgehead atoms. The molecule has 2 heterocycles. The highest BCUT2D eigenvalue weighted by molar-refractivity contribution is 7.22. The zero-order valence-corrected chi connectivity index (χ0v) is 15.7. The SMILES string of the molecule is Cc1cccc(CC(=O)N(CC2CCCO2)c2nc3ccccc3s2)c1. The van der Waals surface area contributed by atoms with Gasteiger partial charge in [-0.3, -0.25) is 9.69 Å². The van der Waals surface area contributed by atoms with E-state index in [1.54, 1.807) is 11.3 Å². The van der Waals surface area contributed by atoms with Gasteiger partial charge in [-0.15, -0.1) is 0 Å². The molecule has 2 aromatic carbocycles. The van der Waals surface area contributed by atoms with Crippen molar-refractivity contribution in [2.45, 2.75) is 32.3 Å². The van der Waals surface area contributed by atoms with Crippen molar-refractivity contribution in [3.8, 4) is 0 Å². The number of carbonyl (C=O) groups is 1. The van der Waals surface area contributed by atoms with Crippen molar-refractivity contribution in [1.82, 2.24) is 4.98 Å². The second-order valence-electron chi connectivity index (χ2n) is 6.77. The highest BCUT2D eigenvalue weighted by Gasteiger charge is 2.26. The predicted molar refractivity (Wildman–Crippen MR) is 106 cm³/mol. The zero-order valence-electron chi connectivity index (χ0n) is 14.9. The molecule has 4 nitrogen and oxygen atoms in total. The minimum Gasteiger partial charge on any atom is -0.376 e. The van der Waals surface area contributed by atoms with Crippen LogP contribution in [0.5, 0.6) is 0 Å². The molecule has 0 spiro atoms. The summed E-state index contributed by atoms with van der Waals surface area (Å²) in [6.07, 6.45) is 2.54. The fourth-order valence-corrected chi connectivity index (χ4v) is 4.34. The lowest BCUT2D eigenvalue weighted by Crippen LogP contribution is -2.38. The molecule has 3 aromatic rings. The Labute approximate surface area is 157 Å². The van der Waals surface area contributed by atoms with E-state index in [0.717, 1.165) is 40.4 Å². The zero-order chi connectivity index (χ0) is 17.9. The van der Waals surface area contributed by atoms with Crippen molar-refractivity contribution >= 4 is 32.6 Å². The molecule has 1 saturated heterocycles. The predicted octanol–water partition coefficient (Wildman–Crippen LogP) is 4.36. The van der Waals surface area contributed by atoms with E-state index in [-0.39, 0.29) is 12.0 Å². The van der Waals surface area contributed by atoms with Crippen molar-refractivity contribution in [2.75, 3.05) is 18.1 Å². The second-order valence-corrected chi connectivity index (χ2v) is 7.78. The number of anilines is 1. The fourth-order valence-electron chi connectivity index (χ4n) is 3.35. The number of thiazole rings is 1. The first-order valence-corrected chi connectivity index (χ1v) is 9.84. The van der Waals surface area contributed by atoms with E-state index in [9.17, 15) is 4.79 Å². The molecule has 1 unspecified atom stereocenters. The molecule has 0 aliphatic carbocycles. The van der Waals surface area contributed by atoms with Gasteiger partial charge in [0.05, 0.1) is 29.3 Å². The highest BCUT2D eigenvalue weighted by atomic mass is 32.1. The van der Waals surface area contributed by atoms with Gasteiger partial charge in [0.1, 0.15) is 0 Å². The molecule has 0 radical (unpaired) electrons. The van der Waals surface area contributed by atoms with E-state index in [2.05, 4.69) is 6.07 Å². The third-order valence-electron chi connectivity index (χ3n) is 4.66. The normalized spacial score (nSPS) is 16.9. The standard InChI is InChI=1S/C21H22N2O2S/c1-15-6-4-7-16(12-15)13-20(24)23(14-17-8-5-11-25-17)21-22-18-9-2-3-10-19(18)26-21/h2-4,6-7,9-10,12,17H,5,8,11,13-14H2,1H3. The maximum atomic E-state index is 13.1. The number of nitrogens with zero attached hydrogens (tertiary/aromatic N) is 2. The first-order chi connectivity index (χ1) is 12.7. The topological polar surface area (TPSA) is 42.4 Å². The van der Waals surface area contributed by atoms with Gasteiger partial charge in [0.2, 0.25) is 5.91 Å².